The van der Waals surface area contributed by atoms with Gasteiger partial charge in [-0.1, -0.05) is 19.1 Å². The largest absolute Gasteiger partial charge is 0.374 e. The Hall–Kier alpha value is -0.340. The summed E-state index contributed by atoms with van der Waals surface area (Å²) < 4.78 is 5.74. The van der Waals surface area contributed by atoms with Crippen molar-refractivity contribution in [2.75, 3.05) is 13.2 Å². The highest BCUT2D eigenvalue weighted by Crippen LogP contribution is 2.20. The maximum absolute atomic E-state index is 5.74. The Morgan fingerprint density at radius 1 is 1.29 bits per heavy atom. The third-order valence-electron chi connectivity index (χ3n) is 2.83. The first-order valence-corrected chi connectivity index (χ1v) is 5.83. The van der Waals surface area contributed by atoms with Crippen molar-refractivity contribution in [3.8, 4) is 0 Å². The van der Waals surface area contributed by atoms with Crippen LogP contribution in [0.3, 0.4) is 0 Å². The second-order valence-electron chi connectivity index (χ2n) is 3.93. The van der Waals surface area contributed by atoms with Gasteiger partial charge in [0.1, 0.15) is 0 Å². The zero-order chi connectivity index (χ0) is 10.2. The van der Waals surface area contributed by atoms with E-state index in [9.17, 15) is 0 Å². The molecule has 1 N–H and O–H groups in total. The van der Waals surface area contributed by atoms with Crippen LogP contribution in [0.25, 0.3) is 0 Å². The first-order valence-electron chi connectivity index (χ1n) is 5.83. The van der Waals surface area contributed by atoms with Crippen molar-refractivity contribution in [1.29, 1.82) is 0 Å². The molecule has 0 amide bonds. The lowest BCUT2D eigenvalue weighted by atomic mass is 9.93. The Bertz CT molecular complexity index is 160. The molecule has 1 aliphatic rings. The monoisotopic (exact) mass is 197 g/mol. The van der Waals surface area contributed by atoms with E-state index >= 15 is 0 Å². The van der Waals surface area contributed by atoms with Crippen molar-refractivity contribution < 1.29 is 4.74 Å². The number of hydrogen-bond donors (Lipinski definition) is 1. The Kier molecular flexibility index (Phi) is 5.88. The van der Waals surface area contributed by atoms with Gasteiger partial charge in [0.05, 0.1) is 12.7 Å². The maximum Gasteiger partial charge on any atom is 0.0651 e. The molecule has 82 valence electrons. The molecule has 0 spiro atoms. The lowest BCUT2D eigenvalue weighted by Crippen LogP contribution is -2.35. The highest BCUT2D eigenvalue weighted by molar-refractivity contribution is 4.80. The van der Waals surface area contributed by atoms with E-state index in [4.69, 9.17) is 4.74 Å². The third kappa shape index (κ3) is 4.25. The quantitative estimate of drug-likeness (QED) is 0.684. The van der Waals surface area contributed by atoms with Crippen LogP contribution >= 0.6 is 0 Å². The fourth-order valence-electron chi connectivity index (χ4n) is 2.01. The van der Waals surface area contributed by atoms with Crippen molar-refractivity contribution in [2.24, 2.45) is 0 Å². The lowest BCUT2D eigenvalue weighted by molar-refractivity contribution is 0.0398. The molecule has 0 aliphatic heterocycles. The molecule has 0 aromatic heterocycles. The van der Waals surface area contributed by atoms with E-state index in [-0.39, 0.29) is 0 Å². The Balaban J connectivity index is 2.09. The Morgan fingerprint density at radius 2 is 2.00 bits per heavy atom. The zero-order valence-corrected chi connectivity index (χ0v) is 9.46. The van der Waals surface area contributed by atoms with Gasteiger partial charge in [-0.25, -0.2) is 0 Å². The van der Waals surface area contributed by atoms with Crippen molar-refractivity contribution in [1.82, 2.24) is 5.32 Å². The molecule has 1 aliphatic carbocycles. The van der Waals surface area contributed by atoms with Gasteiger partial charge in [-0.15, -0.1) is 0 Å². The van der Waals surface area contributed by atoms with Crippen molar-refractivity contribution >= 4 is 0 Å². The molecular formula is C12H23NO. The van der Waals surface area contributed by atoms with Crippen LogP contribution in [-0.2, 0) is 4.74 Å². The van der Waals surface area contributed by atoms with Crippen LogP contribution in [-0.4, -0.2) is 25.3 Å². The third-order valence-corrected chi connectivity index (χ3v) is 2.83. The van der Waals surface area contributed by atoms with Gasteiger partial charge in [-0.3, -0.25) is 0 Å². The van der Waals surface area contributed by atoms with E-state index in [1.165, 1.54) is 25.7 Å². The molecule has 2 heteroatoms. The van der Waals surface area contributed by atoms with Crippen LogP contribution in [0.1, 0.15) is 39.5 Å². The highest BCUT2D eigenvalue weighted by atomic mass is 16.5. The summed E-state index contributed by atoms with van der Waals surface area (Å²) in [6.07, 6.45) is 9.61. The smallest absolute Gasteiger partial charge is 0.0651 e. The van der Waals surface area contributed by atoms with E-state index in [1.54, 1.807) is 0 Å². The average molecular weight is 197 g/mol. The van der Waals surface area contributed by atoms with Crippen LogP contribution in [0.5, 0.6) is 0 Å². The molecule has 0 atom stereocenters. The molecule has 0 aromatic rings. The van der Waals surface area contributed by atoms with E-state index in [2.05, 4.69) is 18.3 Å². The topological polar surface area (TPSA) is 21.3 Å². The molecule has 0 unspecified atom stereocenters. The average Bonchev–Trinajstić information content (AvgIpc) is 2.21. The number of allylic oxidation sites excluding steroid dienone is 1. The summed E-state index contributed by atoms with van der Waals surface area (Å²) >= 11 is 0. The lowest BCUT2D eigenvalue weighted by Gasteiger charge is -2.28. The molecule has 0 heterocycles. The highest BCUT2D eigenvalue weighted by Gasteiger charge is 2.20. The summed E-state index contributed by atoms with van der Waals surface area (Å²) in [4.78, 5) is 0. The van der Waals surface area contributed by atoms with E-state index in [1.807, 2.05) is 13.0 Å². The minimum Gasteiger partial charge on any atom is -0.374 e. The van der Waals surface area contributed by atoms with Crippen molar-refractivity contribution in [2.45, 2.75) is 51.7 Å². The van der Waals surface area contributed by atoms with Gasteiger partial charge < -0.3 is 10.1 Å². The second kappa shape index (κ2) is 7.02. The summed E-state index contributed by atoms with van der Waals surface area (Å²) in [5, 5.41) is 3.50. The van der Waals surface area contributed by atoms with Crippen molar-refractivity contribution in [3.63, 3.8) is 0 Å². The fourth-order valence-corrected chi connectivity index (χ4v) is 2.01. The van der Waals surface area contributed by atoms with Crippen LogP contribution in [0.2, 0.25) is 0 Å². The summed E-state index contributed by atoms with van der Waals surface area (Å²) in [7, 11) is 0. The van der Waals surface area contributed by atoms with Crippen LogP contribution in [0.15, 0.2) is 12.2 Å². The number of hydrogen-bond acceptors (Lipinski definition) is 2. The number of ether oxygens (including phenoxy) is 1. The fraction of sp³-hybridized carbons (Fsp3) is 0.833. The van der Waals surface area contributed by atoms with Crippen LogP contribution in [0.4, 0.5) is 0 Å². The first-order chi connectivity index (χ1) is 6.86. The second-order valence-corrected chi connectivity index (χ2v) is 3.93. The van der Waals surface area contributed by atoms with E-state index in [0.717, 1.165) is 19.2 Å². The maximum atomic E-state index is 5.74. The molecule has 1 rings (SSSR count). The predicted octanol–water partition coefficient (Wildman–Crippen LogP) is 2.50. The summed E-state index contributed by atoms with van der Waals surface area (Å²) in [6.45, 7) is 6.09. The van der Waals surface area contributed by atoms with Crippen LogP contribution < -0.4 is 5.32 Å². The molecule has 0 radical (unpaired) electrons. The molecule has 0 aromatic carbocycles. The predicted molar refractivity (Wildman–Crippen MR) is 60.5 cm³/mol. The van der Waals surface area contributed by atoms with Gasteiger partial charge in [-0.05, 0) is 39.2 Å². The molecule has 1 saturated carbocycles. The van der Waals surface area contributed by atoms with Gasteiger partial charge >= 0.3 is 0 Å². The summed E-state index contributed by atoms with van der Waals surface area (Å²) in [5.41, 5.74) is 0. The standard InChI is InChI=1S/C12H23NO/c1-3-5-10-14-12-8-6-11(7-9-12)13-4-2/h3,5,11-13H,4,6-10H2,1-2H3/b5-3+. The van der Waals surface area contributed by atoms with Gasteiger partial charge in [0, 0.05) is 6.04 Å². The van der Waals surface area contributed by atoms with Crippen molar-refractivity contribution in [3.05, 3.63) is 12.2 Å². The zero-order valence-electron chi connectivity index (χ0n) is 9.46. The van der Waals surface area contributed by atoms with Gasteiger partial charge in [-0.2, -0.15) is 0 Å². The number of rotatable bonds is 5. The minimum absolute atomic E-state index is 0.501. The van der Waals surface area contributed by atoms with Crippen LogP contribution in [0, 0.1) is 0 Å². The van der Waals surface area contributed by atoms with E-state index < -0.39 is 0 Å². The SMILES string of the molecule is C/C=C/COC1CCC(NCC)CC1. The molecule has 0 bridgehead atoms. The van der Waals surface area contributed by atoms with Gasteiger partial charge in [0.25, 0.3) is 0 Å². The molecule has 0 saturated heterocycles. The Morgan fingerprint density at radius 3 is 2.57 bits per heavy atom. The van der Waals surface area contributed by atoms with E-state index in [0.29, 0.717) is 6.10 Å². The minimum atomic E-state index is 0.501. The number of nitrogens with one attached hydrogen (secondary N) is 1. The van der Waals surface area contributed by atoms with Gasteiger partial charge in [0.2, 0.25) is 0 Å². The normalized spacial score (nSPS) is 28.4. The molecule has 14 heavy (non-hydrogen) atoms. The summed E-state index contributed by atoms with van der Waals surface area (Å²) in [6, 6.07) is 0.738. The Labute approximate surface area is 87.7 Å². The first kappa shape index (κ1) is 11.7. The molecule has 2 nitrogen and oxygen atoms in total. The summed E-state index contributed by atoms with van der Waals surface area (Å²) in [5.74, 6) is 0. The molecule has 1 fully saturated rings. The van der Waals surface area contributed by atoms with Gasteiger partial charge in [0.15, 0.2) is 0 Å². The molecular weight excluding hydrogens is 174 g/mol.